The van der Waals surface area contributed by atoms with E-state index in [1.54, 1.807) is 30.7 Å². The molecule has 1 N–H and O–H groups in total. The summed E-state index contributed by atoms with van der Waals surface area (Å²) < 4.78 is 18.1. The van der Waals surface area contributed by atoms with Gasteiger partial charge in [-0.3, -0.25) is 0 Å². The van der Waals surface area contributed by atoms with Gasteiger partial charge < -0.3 is 19.5 Å². The quantitative estimate of drug-likeness (QED) is 0.469. The number of hydrogen-bond donors (Lipinski definition) is 1. The van der Waals surface area contributed by atoms with Crippen LogP contribution in [0.3, 0.4) is 0 Å². The molecule has 1 aliphatic heterocycles. The molecule has 0 saturated carbocycles. The Kier molecular flexibility index (Phi) is 7.25. The number of allylic oxidation sites excluding steroid dienone is 1. The molecule has 0 amide bonds. The largest absolute Gasteiger partial charge is 0.493 e. The highest BCUT2D eigenvalue weighted by Crippen LogP contribution is 2.39. The first kappa shape index (κ1) is 22.0. The molecule has 0 aliphatic carbocycles. The molecule has 30 heavy (non-hydrogen) atoms. The number of methoxy groups -OCH3 is 2. The number of nitrogens with one attached hydrogen (secondary N) is 1. The Labute approximate surface area is 181 Å². The maximum Gasteiger partial charge on any atom is 0.338 e. The van der Waals surface area contributed by atoms with Crippen molar-refractivity contribution in [1.29, 1.82) is 0 Å². The number of fused-ring (bicyclic) bond motifs is 1. The Bertz CT molecular complexity index is 941. The number of carbonyl (C=O) groups is 1. The van der Waals surface area contributed by atoms with Crippen molar-refractivity contribution in [3.8, 4) is 11.5 Å². The molecule has 1 atom stereocenters. The van der Waals surface area contributed by atoms with E-state index >= 15 is 0 Å². The summed E-state index contributed by atoms with van der Waals surface area (Å²) in [6.45, 7) is 6.29. The number of thioether (sulfide) groups is 1. The summed E-state index contributed by atoms with van der Waals surface area (Å²) in [4.78, 5) is 17.6. The topological polar surface area (TPSA) is 87.5 Å². The van der Waals surface area contributed by atoms with Crippen LogP contribution in [0.15, 0.2) is 34.6 Å². The van der Waals surface area contributed by atoms with Gasteiger partial charge in [-0.05, 0) is 37.5 Å². The van der Waals surface area contributed by atoms with Gasteiger partial charge in [-0.2, -0.15) is 4.98 Å². The molecule has 1 aromatic carbocycles. The van der Waals surface area contributed by atoms with Gasteiger partial charge in [0.15, 0.2) is 11.5 Å². The van der Waals surface area contributed by atoms with Crippen LogP contribution in [-0.4, -0.2) is 47.3 Å². The Morgan fingerprint density at radius 3 is 2.63 bits per heavy atom. The molecule has 0 radical (unpaired) electrons. The average Bonchev–Trinajstić information content (AvgIpc) is 3.16. The van der Waals surface area contributed by atoms with Crippen LogP contribution in [0.4, 0.5) is 5.95 Å². The summed E-state index contributed by atoms with van der Waals surface area (Å²) in [5.41, 5.74) is 2.03. The Morgan fingerprint density at radius 2 is 1.97 bits per heavy atom. The van der Waals surface area contributed by atoms with Gasteiger partial charge in [0, 0.05) is 11.4 Å². The SMILES string of the molecule is CCCOC(=O)C1=C(C)Nc2nc(SCCC)nn2C1c1ccc(OC)c(OC)c1. The lowest BCUT2D eigenvalue weighted by molar-refractivity contribution is -0.139. The van der Waals surface area contributed by atoms with Gasteiger partial charge >= 0.3 is 5.97 Å². The van der Waals surface area contributed by atoms with E-state index < -0.39 is 6.04 Å². The average molecular weight is 433 g/mol. The van der Waals surface area contributed by atoms with Gasteiger partial charge in [0.1, 0.15) is 6.04 Å². The van der Waals surface area contributed by atoms with Gasteiger partial charge in [-0.15, -0.1) is 5.10 Å². The van der Waals surface area contributed by atoms with E-state index in [2.05, 4.69) is 22.3 Å². The fraction of sp³-hybridized carbons (Fsp3) is 0.476. The van der Waals surface area contributed by atoms with Crippen LogP contribution in [0.2, 0.25) is 0 Å². The number of aromatic nitrogens is 3. The summed E-state index contributed by atoms with van der Waals surface area (Å²) in [6.07, 6.45) is 1.77. The summed E-state index contributed by atoms with van der Waals surface area (Å²) in [6, 6.07) is 5.10. The zero-order valence-electron chi connectivity index (χ0n) is 18.0. The number of hydrogen-bond acceptors (Lipinski definition) is 8. The molecular formula is C21H28N4O4S. The number of rotatable bonds is 9. The standard InChI is InChI=1S/C21H28N4O4S/c1-6-10-29-19(26)17-13(3)22-20-23-21(30-11-7-2)24-25(20)18(17)14-8-9-15(27-4)16(12-14)28-5/h8-9,12,18H,6-7,10-11H2,1-5H3,(H,22,23,24). The number of carbonyl (C=O) groups excluding carboxylic acids is 1. The van der Waals surface area contributed by atoms with E-state index in [1.807, 2.05) is 32.0 Å². The van der Waals surface area contributed by atoms with Crippen molar-refractivity contribution in [2.75, 3.05) is 31.9 Å². The second kappa shape index (κ2) is 9.88. The van der Waals surface area contributed by atoms with Crippen molar-refractivity contribution in [3.05, 3.63) is 35.0 Å². The summed E-state index contributed by atoms with van der Waals surface area (Å²) in [5.74, 6) is 2.34. The number of benzene rings is 1. The van der Waals surface area contributed by atoms with Crippen LogP contribution in [0.5, 0.6) is 11.5 Å². The molecule has 0 spiro atoms. The fourth-order valence-corrected chi connectivity index (χ4v) is 3.94. The monoisotopic (exact) mass is 432 g/mol. The van der Waals surface area contributed by atoms with E-state index in [-0.39, 0.29) is 5.97 Å². The zero-order chi connectivity index (χ0) is 21.7. The van der Waals surface area contributed by atoms with Crippen molar-refractivity contribution >= 4 is 23.7 Å². The van der Waals surface area contributed by atoms with Crippen molar-refractivity contribution in [2.24, 2.45) is 0 Å². The Balaban J connectivity index is 2.10. The van der Waals surface area contributed by atoms with Gasteiger partial charge in [0.25, 0.3) is 0 Å². The second-order valence-corrected chi connectivity index (χ2v) is 7.89. The fourth-order valence-electron chi connectivity index (χ4n) is 3.25. The lowest BCUT2D eigenvalue weighted by Crippen LogP contribution is -2.29. The molecule has 0 saturated heterocycles. The summed E-state index contributed by atoms with van der Waals surface area (Å²) >= 11 is 1.59. The van der Waals surface area contributed by atoms with Gasteiger partial charge in [0.05, 0.1) is 26.4 Å². The highest BCUT2D eigenvalue weighted by molar-refractivity contribution is 7.99. The molecular weight excluding hydrogens is 404 g/mol. The maximum absolute atomic E-state index is 13.0. The first-order chi connectivity index (χ1) is 14.5. The normalized spacial score (nSPS) is 15.4. The summed E-state index contributed by atoms with van der Waals surface area (Å²) in [7, 11) is 3.17. The van der Waals surface area contributed by atoms with Crippen LogP contribution in [-0.2, 0) is 9.53 Å². The first-order valence-corrected chi connectivity index (χ1v) is 11.0. The lowest BCUT2D eigenvalue weighted by atomic mass is 9.95. The van der Waals surface area contributed by atoms with E-state index in [1.165, 1.54) is 0 Å². The van der Waals surface area contributed by atoms with E-state index in [9.17, 15) is 4.79 Å². The number of esters is 1. The predicted octanol–water partition coefficient (Wildman–Crippen LogP) is 4.04. The van der Waals surface area contributed by atoms with Gasteiger partial charge in [0.2, 0.25) is 11.1 Å². The minimum absolute atomic E-state index is 0.357. The van der Waals surface area contributed by atoms with Crippen LogP contribution in [0.1, 0.15) is 45.2 Å². The van der Waals surface area contributed by atoms with Crippen LogP contribution < -0.4 is 14.8 Å². The maximum atomic E-state index is 13.0. The molecule has 2 aromatic rings. The molecule has 1 aromatic heterocycles. The lowest BCUT2D eigenvalue weighted by Gasteiger charge is -2.28. The predicted molar refractivity (Wildman–Crippen MR) is 116 cm³/mol. The molecule has 9 heteroatoms. The third-order valence-electron chi connectivity index (χ3n) is 4.65. The van der Waals surface area contributed by atoms with Crippen LogP contribution >= 0.6 is 11.8 Å². The highest BCUT2D eigenvalue weighted by atomic mass is 32.2. The second-order valence-electron chi connectivity index (χ2n) is 6.83. The van der Waals surface area contributed by atoms with Crippen molar-refractivity contribution in [2.45, 2.75) is 44.8 Å². The molecule has 1 aliphatic rings. The Morgan fingerprint density at radius 1 is 1.20 bits per heavy atom. The van der Waals surface area contributed by atoms with E-state index in [0.29, 0.717) is 40.5 Å². The first-order valence-electron chi connectivity index (χ1n) is 10.00. The molecule has 0 fully saturated rings. The van der Waals surface area contributed by atoms with Crippen molar-refractivity contribution in [1.82, 2.24) is 14.8 Å². The number of ether oxygens (including phenoxy) is 3. The molecule has 162 valence electrons. The minimum Gasteiger partial charge on any atom is -0.493 e. The van der Waals surface area contributed by atoms with Crippen LogP contribution in [0.25, 0.3) is 0 Å². The van der Waals surface area contributed by atoms with Gasteiger partial charge in [-0.25, -0.2) is 9.48 Å². The highest BCUT2D eigenvalue weighted by Gasteiger charge is 2.35. The van der Waals surface area contributed by atoms with E-state index in [4.69, 9.17) is 14.2 Å². The smallest absolute Gasteiger partial charge is 0.338 e. The third kappa shape index (κ3) is 4.40. The van der Waals surface area contributed by atoms with E-state index in [0.717, 1.165) is 24.2 Å². The molecule has 3 rings (SSSR count). The molecule has 0 bridgehead atoms. The van der Waals surface area contributed by atoms with Gasteiger partial charge in [-0.1, -0.05) is 31.7 Å². The zero-order valence-corrected chi connectivity index (χ0v) is 18.8. The van der Waals surface area contributed by atoms with Crippen molar-refractivity contribution < 1.29 is 19.0 Å². The molecule has 2 heterocycles. The summed E-state index contributed by atoms with van der Waals surface area (Å²) in [5, 5.41) is 8.56. The Hall–Kier alpha value is -2.68. The third-order valence-corrected chi connectivity index (χ3v) is 5.69. The van der Waals surface area contributed by atoms with Crippen molar-refractivity contribution in [3.63, 3.8) is 0 Å². The minimum atomic E-state index is -0.492. The number of anilines is 1. The number of nitrogens with zero attached hydrogens (tertiary/aromatic N) is 3. The molecule has 1 unspecified atom stereocenters. The van der Waals surface area contributed by atoms with Crippen LogP contribution in [0, 0.1) is 0 Å². The molecule has 8 nitrogen and oxygen atoms in total.